The normalized spacial score (nSPS) is 14.9. The summed E-state index contributed by atoms with van der Waals surface area (Å²) in [7, 11) is 0. The van der Waals surface area contributed by atoms with E-state index in [1.165, 1.54) is 0 Å². The summed E-state index contributed by atoms with van der Waals surface area (Å²) in [6.07, 6.45) is 1.84. The van der Waals surface area contributed by atoms with Crippen molar-refractivity contribution in [2.75, 3.05) is 18.1 Å². The van der Waals surface area contributed by atoms with Crippen LogP contribution in [-0.2, 0) is 16.0 Å². The van der Waals surface area contributed by atoms with E-state index in [1.807, 2.05) is 62.4 Å². The Morgan fingerprint density at radius 3 is 2.44 bits per heavy atom. The van der Waals surface area contributed by atoms with Crippen LogP contribution in [0.1, 0.15) is 43.9 Å². The molecule has 1 atom stereocenters. The molecular formula is C22H26N2O3. The predicted octanol–water partition coefficient (Wildman–Crippen LogP) is 3.63. The number of benzene rings is 2. The summed E-state index contributed by atoms with van der Waals surface area (Å²) in [6.45, 7) is 5.33. The van der Waals surface area contributed by atoms with E-state index < -0.39 is 0 Å². The maximum Gasteiger partial charge on any atom is 0.227 e. The van der Waals surface area contributed by atoms with Crippen LogP contribution in [-0.4, -0.2) is 25.0 Å². The third-order valence-corrected chi connectivity index (χ3v) is 4.75. The molecule has 2 aromatic carbocycles. The van der Waals surface area contributed by atoms with Crippen LogP contribution in [0.3, 0.4) is 0 Å². The lowest BCUT2D eigenvalue weighted by Crippen LogP contribution is -2.28. The number of ether oxygens (including phenoxy) is 1. The molecule has 1 N–H and O–H groups in total. The fourth-order valence-electron chi connectivity index (χ4n) is 3.30. The minimum absolute atomic E-state index is 0.0265. The van der Waals surface area contributed by atoms with E-state index in [4.69, 9.17) is 4.74 Å². The quantitative estimate of drug-likeness (QED) is 0.814. The number of carbonyl (C=O) groups excluding carboxylic acids is 2. The fourth-order valence-corrected chi connectivity index (χ4v) is 3.30. The van der Waals surface area contributed by atoms with Crippen molar-refractivity contribution in [3.05, 3.63) is 59.7 Å². The molecule has 2 amide bonds. The summed E-state index contributed by atoms with van der Waals surface area (Å²) < 4.78 is 5.44. The van der Waals surface area contributed by atoms with Gasteiger partial charge >= 0.3 is 0 Å². The van der Waals surface area contributed by atoms with Crippen LogP contribution < -0.4 is 15.0 Å². The van der Waals surface area contributed by atoms with Gasteiger partial charge in [0, 0.05) is 18.7 Å². The molecule has 0 spiro atoms. The molecule has 0 saturated carbocycles. The molecule has 0 radical (unpaired) electrons. The molecule has 1 aliphatic rings. The number of hydrogen-bond donors (Lipinski definition) is 1. The van der Waals surface area contributed by atoms with Crippen LogP contribution in [0.15, 0.2) is 48.5 Å². The average Bonchev–Trinajstić information content (AvgIpc) is 3.09. The average molecular weight is 366 g/mol. The molecule has 3 rings (SSSR count). The van der Waals surface area contributed by atoms with Gasteiger partial charge in [0.15, 0.2) is 0 Å². The van der Waals surface area contributed by atoms with Gasteiger partial charge in [0.2, 0.25) is 11.8 Å². The first kappa shape index (κ1) is 19.0. The predicted molar refractivity (Wildman–Crippen MR) is 106 cm³/mol. The van der Waals surface area contributed by atoms with E-state index >= 15 is 0 Å². The molecule has 142 valence electrons. The molecule has 1 saturated heterocycles. The van der Waals surface area contributed by atoms with Gasteiger partial charge in [-0.1, -0.05) is 24.3 Å². The van der Waals surface area contributed by atoms with E-state index in [-0.39, 0.29) is 17.9 Å². The van der Waals surface area contributed by atoms with E-state index in [0.717, 1.165) is 35.5 Å². The molecule has 1 fully saturated rings. The Kier molecular flexibility index (Phi) is 6.12. The van der Waals surface area contributed by atoms with Crippen LogP contribution in [0.5, 0.6) is 5.75 Å². The lowest BCUT2D eigenvalue weighted by Gasteiger charge is -2.17. The van der Waals surface area contributed by atoms with Crippen molar-refractivity contribution in [2.24, 2.45) is 0 Å². The molecule has 27 heavy (non-hydrogen) atoms. The molecule has 1 aliphatic heterocycles. The van der Waals surface area contributed by atoms with Crippen molar-refractivity contribution in [1.82, 2.24) is 5.32 Å². The Bertz CT molecular complexity index is 784. The first-order chi connectivity index (χ1) is 13.1. The molecule has 2 aromatic rings. The maximum absolute atomic E-state index is 12.4. The van der Waals surface area contributed by atoms with E-state index in [0.29, 0.717) is 19.4 Å². The largest absolute Gasteiger partial charge is 0.494 e. The van der Waals surface area contributed by atoms with Gasteiger partial charge in [-0.2, -0.15) is 0 Å². The summed E-state index contributed by atoms with van der Waals surface area (Å²) in [5, 5.41) is 3.03. The number of rotatable bonds is 7. The highest BCUT2D eigenvalue weighted by molar-refractivity contribution is 5.95. The van der Waals surface area contributed by atoms with Crippen LogP contribution >= 0.6 is 0 Å². The standard InChI is InChI=1S/C22H26N2O3/c1-3-27-20-12-8-18(9-13-20)16(2)23-21(25)15-17-6-10-19(11-7-17)24-14-4-5-22(24)26/h6-13,16H,3-5,14-15H2,1-2H3,(H,23,25)/t16-/m0/s1. The van der Waals surface area contributed by atoms with Gasteiger partial charge in [0.1, 0.15) is 5.75 Å². The van der Waals surface area contributed by atoms with E-state index in [1.54, 1.807) is 4.90 Å². The van der Waals surface area contributed by atoms with Gasteiger partial charge in [0.25, 0.3) is 0 Å². The van der Waals surface area contributed by atoms with Gasteiger partial charge in [-0.3, -0.25) is 9.59 Å². The number of hydrogen-bond acceptors (Lipinski definition) is 3. The van der Waals surface area contributed by atoms with Crippen LogP contribution in [0.2, 0.25) is 0 Å². The number of nitrogens with one attached hydrogen (secondary N) is 1. The first-order valence-electron chi connectivity index (χ1n) is 9.48. The van der Waals surface area contributed by atoms with Gasteiger partial charge < -0.3 is 15.0 Å². The number of carbonyl (C=O) groups is 2. The molecule has 5 heteroatoms. The Balaban J connectivity index is 1.54. The van der Waals surface area contributed by atoms with Crippen LogP contribution in [0, 0.1) is 0 Å². The minimum Gasteiger partial charge on any atom is -0.494 e. The molecule has 0 aliphatic carbocycles. The Labute approximate surface area is 160 Å². The second-order valence-electron chi connectivity index (χ2n) is 6.78. The van der Waals surface area contributed by atoms with Crippen molar-refractivity contribution in [1.29, 1.82) is 0 Å². The molecule has 5 nitrogen and oxygen atoms in total. The molecule has 1 heterocycles. The third kappa shape index (κ3) is 4.88. The van der Waals surface area contributed by atoms with Crippen LogP contribution in [0.4, 0.5) is 5.69 Å². The number of amides is 2. The van der Waals surface area contributed by atoms with Gasteiger partial charge in [-0.15, -0.1) is 0 Å². The summed E-state index contributed by atoms with van der Waals surface area (Å²) >= 11 is 0. The second kappa shape index (κ2) is 8.71. The second-order valence-corrected chi connectivity index (χ2v) is 6.78. The van der Waals surface area contributed by atoms with Crippen LogP contribution in [0.25, 0.3) is 0 Å². The highest BCUT2D eigenvalue weighted by atomic mass is 16.5. The Morgan fingerprint density at radius 2 is 1.85 bits per heavy atom. The van der Waals surface area contributed by atoms with E-state index in [2.05, 4.69) is 5.32 Å². The highest BCUT2D eigenvalue weighted by Gasteiger charge is 2.21. The molecular weight excluding hydrogens is 340 g/mol. The SMILES string of the molecule is CCOc1ccc([C@H](C)NC(=O)Cc2ccc(N3CCCC3=O)cc2)cc1. The third-order valence-electron chi connectivity index (χ3n) is 4.75. The van der Waals surface area contributed by atoms with Gasteiger partial charge in [-0.25, -0.2) is 0 Å². The molecule has 0 unspecified atom stereocenters. The highest BCUT2D eigenvalue weighted by Crippen LogP contribution is 2.22. The summed E-state index contributed by atoms with van der Waals surface area (Å²) in [6, 6.07) is 15.4. The Morgan fingerprint density at radius 1 is 1.15 bits per heavy atom. The fraction of sp³-hybridized carbons (Fsp3) is 0.364. The smallest absolute Gasteiger partial charge is 0.227 e. The molecule has 0 bridgehead atoms. The number of anilines is 1. The monoisotopic (exact) mass is 366 g/mol. The summed E-state index contributed by atoms with van der Waals surface area (Å²) in [5.74, 6) is 0.974. The maximum atomic E-state index is 12.4. The zero-order valence-electron chi connectivity index (χ0n) is 15.9. The van der Waals surface area contributed by atoms with Crippen molar-refractivity contribution in [3.63, 3.8) is 0 Å². The van der Waals surface area contributed by atoms with Gasteiger partial charge in [-0.05, 0) is 55.7 Å². The van der Waals surface area contributed by atoms with Crippen molar-refractivity contribution in [3.8, 4) is 5.75 Å². The molecule has 0 aromatic heterocycles. The van der Waals surface area contributed by atoms with E-state index in [9.17, 15) is 9.59 Å². The number of nitrogens with zero attached hydrogens (tertiary/aromatic N) is 1. The van der Waals surface area contributed by atoms with Gasteiger partial charge in [0.05, 0.1) is 19.1 Å². The summed E-state index contributed by atoms with van der Waals surface area (Å²) in [4.78, 5) is 26.0. The lowest BCUT2D eigenvalue weighted by atomic mass is 10.1. The Hall–Kier alpha value is -2.82. The van der Waals surface area contributed by atoms with Crippen molar-refractivity contribution >= 4 is 17.5 Å². The van der Waals surface area contributed by atoms with Crippen molar-refractivity contribution < 1.29 is 14.3 Å². The zero-order chi connectivity index (χ0) is 19.2. The topological polar surface area (TPSA) is 58.6 Å². The summed E-state index contributed by atoms with van der Waals surface area (Å²) in [5.41, 5.74) is 2.88. The minimum atomic E-state index is -0.0744. The lowest BCUT2D eigenvalue weighted by molar-refractivity contribution is -0.121. The van der Waals surface area contributed by atoms with Crippen molar-refractivity contribution in [2.45, 2.75) is 39.2 Å². The first-order valence-corrected chi connectivity index (χ1v) is 9.48. The zero-order valence-corrected chi connectivity index (χ0v) is 15.9.